The Morgan fingerprint density at radius 1 is 1.12 bits per heavy atom. The molecule has 0 saturated heterocycles. The molecule has 0 atom stereocenters. The molecule has 1 aliphatic carbocycles. The summed E-state index contributed by atoms with van der Waals surface area (Å²) in [6, 6.07) is 13.8. The number of rotatable bonds is 6. The molecule has 2 aromatic carbocycles. The van der Waals surface area contributed by atoms with Crippen molar-refractivity contribution in [1.82, 2.24) is 5.32 Å². The van der Waals surface area contributed by atoms with Gasteiger partial charge in [0.1, 0.15) is 11.6 Å². The van der Waals surface area contributed by atoms with Crippen LogP contribution in [0.3, 0.4) is 0 Å². The van der Waals surface area contributed by atoms with E-state index in [0.717, 1.165) is 18.4 Å². The smallest absolute Gasteiger partial charge is 0.258 e. The van der Waals surface area contributed by atoms with Crippen molar-refractivity contribution in [2.45, 2.75) is 38.1 Å². The summed E-state index contributed by atoms with van der Waals surface area (Å²) in [6.45, 7) is 0.0131. The zero-order valence-electron chi connectivity index (χ0n) is 14.7. The van der Waals surface area contributed by atoms with Gasteiger partial charge in [0.15, 0.2) is 6.61 Å². The highest BCUT2D eigenvalue weighted by Gasteiger charge is 2.15. The maximum atomic E-state index is 13.5. The van der Waals surface area contributed by atoms with Gasteiger partial charge >= 0.3 is 0 Å². The quantitative estimate of drug-likeness (QED) is 0.782. The maximum Gasteiger partial charge on any atom is 0.258 e. The molecule has 1 fully saturated rings. The van der Waals surface area contributed by atoms with Gasteiger partial charge in [-0.25, -0.2) is 4.39 Å². The van der Waals surface area contributed by atoms with Gasteiger partial charge in [-0.1, -0.05) is 31.4 Å². The third kappa shape index (κ3) is 5.41. The van der Waals surface area contributed by atoms with Gasteiger partial charge in [-0.15, -0.1) is 0 Å². The van der Waals surface area contributed by atoms with Gasteiger partial charge in [-0.3, -0.25) is 9.79 Å². The standard InChI is InChI=1S/C21H23FN2O2/c22-19-8-4-5-9-20(19)23-14-16-10-12-18(13-11-16)26-15-21(25)24-17-6-2-1-3-7-17/h4-5,8-14,17H,1-3,6-7,15H2,(H,24,25). The molecule has 0 aromatic heterocycles. The highest BCUT2D eigenvalue weighted by atomic mass is 19.1. The molecule has 0 heterocycles. The maximum absolute atomic E-state index is 13.5. The van der Waals surface area contributed by atoms with Crippen molar-refractivity contribution in [2.75, 3.05) is 6.61 Å². The van der Waals surface area contributed by atoms with E-state index in [1.54, 1.807) is 36.5 Å². The summed E-state index contributed by atoms with van der Waals surface area (Å²) in [6.07, 6.45) is 7.33. The van der Waals surface area contributed by atoms with Crippen LogP contribution in [0.25, 0.3) is 0 Å². The van der Waals surface area contributed by atoms with Gasteiger partial charge in [0.05, 0.1) is 5.69 Å². The van der Waals surface area contributed by atoms with Crippen molar-refractivity contribution in [3.8, 4) is 5.75 Å². The summed E-state index contributed by atoms with van der Waals surface area (Å²) < 4.78 is 19.1. The Balaban J connectivity index is 1.48. The molecule has 3 rings (SSSR count). The summed E-state index contributed by atoms with van der Waals surface area (Å²) in [5.74, 6) is 0.182. The van der Waals surface area contributed by atoms with Crippen molar-refractivity contribution >= 4 is 17.8 Å². The summed E-state index contributed by atoms with van der Waals surface area (Å²) in [7, 11) is 0. The number of hydrogen-bond donors (Lipinski definition) is 1. The Kier molecular flexibility index (Phi) is 6.36. The van der Waals surface area contributed by atoms with Crippen LogP contribution in [-0.2, 0) is 4.79 Å². The van der Waals surface area contributed by atoms with Gasteiger partial charge in [-0.2, -0.15) is 0 Å². The number of carbonyl (C=O) groups excluding carboxylic acids is 1. The highest BCUT2D eigenvalue weighted by Crippen LogP contribution is 2.18. The zero-order valence-corrected chi connectivity index (χ0v) is 14.7. The first-order chi connectivity index (χ1) is 12.7. The Morgan fingerprint density at radius 3 is 2.58 bits per heavy atom. The molecule has 0 radical (unpaired) electrons. The zero-order chi connectivity index (χ0) is 18.2. The lowest BCUT2D eigenvalue weighted by Crippen LogP contribution is -2.38. The molecule has 1 saturated carbocycles. The third-order valence-corrected chi connectivity index (χ3v) is 4.43. The first kappa shape index (κ1) is 18.1. The first-order valence-corrected chi connectivity index (χ1v) is 9.01. The van der Waals surface area contributed by atoms with Crippen LogP contribution < -0.4 is 10.1 Å². The summed E-state index contributed by atoms with van der Waals surface area (Å²) in [4.78, 5) is 16.1. The minimum absolute atomic E-state index is 0.0131. The fourth-order valence-corrected chi connectivity index (χ4v) is 3.02. The minimum Gasteiger partial charge on any atom is -0.484 e. The molecule has 136 valence electrons. The van der Waals surface area contributed by atoms with Crippen LogP contribution in [0, 0.1) is 5.82 Å². The normalized spacial score (nSPS) is 15.1. The van der Waals surface area contributed by atoms with Gasteiger partial charge in [-0.05, 0) is 54.8 Å². The number of nitrogens with zero attached hydrogens (tertiary/aromatic N) is 1. The van der Waals surface area contributed by atoms with E-state index >= 15 is 0 Å². The lowest BCUT2D eigenvalue weighted by Gasteiger charge is -2.22. The lowest BCUT2D eigenvalue weighted by atomic mass is 9.95. The molecule has 5 heteroatoms. The van der Waals surface area contributed by atoms with Crippen LogP contribution in [0.4, 0.5) is 10.1 Å². The largest absolute Gasteiger partial charge is 0.484 e. The molecular weight excluding hydrogens is 331 g/mol. The van der Waals surface area contributed by atoms with Crippen LogP contribution in [0.15, 0.2) is 53.5 Å². The van der Waals surface area contributed by atoms with Gasteiger partial charge in [0, 0.05) is 12.3 Å². The molecule has 0 spiro atoms. The third-order valence-electron chi connectivity index (χ3n) is 4.43. The summed E-state index contributed by atoms with van der Waals surface area (Å²) >= 11 is 0. The number of aliphatic imine (C=N–C) groups is 1. The van der Waals surface area contributed by atoms with E-state index in [4.69, 9.17) is 4.74 Å². The van der Waals surface area contributed by atoms with Crippen LogP contribution in [0.1, 0.15) is 37.7 Å². The number of carbonyl (C=O) groups is 1. The average molecular weight is 354 g/mol. The number of halogens is 1. The van der Waals surface area contributed by atoms with Crippen molar-refractivity contribution < 1.29 is 13.9 Å². The van der Waals surface area contributed by atoms with Crippen LogP contribution in [-0.4, -0.2) is 24.8 Å². The van der Waals surface area contributed by atoms with Crippen molar-refractivity contribution in [1.29, 1.82) is 0 Å². The predicted octanol–water partition coefficient (Wildman–Crippen LogP) is 4.40. The van der Waals surface area contributed by atoms with E-state index in [0.29, 0.717) is 11.4 Å². The molecule has 0 unspecified atom stereocenters. The van der Waals surface area contributed by atoms with E-state index < -0.39 is 0 Å². The van der Waals surface area contributed by atoms with Gasteiger partial charge < -0.3 is 10.1 Å². The fraction of sp³-hybridized carbons (Fsp3) is 0.333. The molecule has 2 aromatic rings. The number of ether oxygens (including phenoxy) is 1. The Bertz CT molecular complexity index is 753. The number of nitrogens with one attached hydrogen (secondary N) is 1. The molecule has 26 heavy (non-hydrogen) atoms. The van der Waals surface area contributed by atoms with Crippen LogP contribution in [0.2, 0.25) is 0 Å². The minimum atomic E-state index is -0.354. The predicted molar refractivity (Wildman–Crippen MR) is 101 cm³/mol. The van der Waals surface area contributed by atoms with E-state index in [9.17, 15) is 9.18 Å². The van der Waals surface area contributed by atoms with Crippen molar-refractivity contribution in [2.24, 2.45) is 4.99 Å². The molecule has 4 nitrogen and oxygen atoms in total. The van der Waals surface area contributed by atoms with Crippen LogP contribution in [0.5, 0.6) is 5.75 Å². The lowest BCUT2D eigenvalue weighted by molar-refractivity contribution is -0.124. The number of benzene rings is 2. The molecule has 0 aliphatic heterocycles. The molecule has 0 bridgehead atoms. The highest BCUT2D eigenvalue weighted by molar-refractivity contribution is 5.82. The number of hydrogen-bond acceptors (Lipinski definition) is 3. The first-order valence-electron chi connectivity index (χ1n) is 9.01. The topological polar surface area (TPSA) is 50.7 Å². The molecular formula is C21H23FN2O2. The SMILES string of the molecule is O=C(COc1ccc(C=Nc2ccccc2F)cc1)NC1CCCCC1. The summed E-state index contributed by atoms with van der Waals surface area (Å²) in [5.41, 5.74) is 1.12. The number of amides is 1. The van der Waals surface area contributed by atoms with E-state index in [1.165, 1.54) is 25.3 Å². The second-order valence-electron chi connectivity index (χ2n) is 6.47. The summed E-state index contributed by atoms with van der Waals surface area (Å²) in [5, 5.41) is 3.02. The molecule has 1 amide bonds. The van der Waals surface area contributed by atoms with E-state index in [1.807, 2.05) is 12.1 Å². The Hall–Kier alpha value is -2.69. The molecule has 1 N–H and O–H groups in total. The Morgan fingerprint density at radius 2 is 1.85 bits per heavy atom. The van der Waals surface area contributed by atoms with Crippen LogP contribution >= 0.6 is 0 Å². The second kappa shape index (κ2) is 9.13. The average Bonchev–Trinajstić information content (AvgIpc) is 2.67. The van der Waals surface area contributed by atoms with Crippen molar-refractivity contribution in [3.05, 3.63) is 59.9 Å². The Labute approximate surface area is 153 Å². The monoisotopic (exact) mass is 354 g/mol. The van der Waals surface area contributed by atoms with Gasteiger partial charge in [0.2, 0.25) is 0 Å². The van der Waals surface area contributed by atoms with Gasteiger partial charge in [0.25, 0.3) is 5.91 Å². The van der Waals surface area contributed by atoms with E-state index in [-0.39, 0.29) is 24.4 Å². The van der Waals surface area contributed by atoms with Crippen molar-refractivity contribution in [3.63, 3.8) is 0 Å². The number of para-hydroxylation sites is 1. The van der Waals surface area contributed by atoms with E-state index in [2.05, 4.69) is 10.3 Å². The molecule has 1 aliphatic rings. The fourth-order valence-electron chi connectivity index (χ4n) is 3.02. The second-order valence-corrected chi connectivity index (χ2v) is 6.47.